The van der Waals surface area contributed by atoms with Crippen LogP contribution in [0.15, 0.2) is 60.7 Å². The number of fused-ring (bicyclic) bond motifs is 1. The maximum atomic E-state index is 12.5. The molecule has 1 aliphatic rings. The van der Waals surface area contributed by atoms with Gasteiger partial charge in [-0.2, -0.15) is 0 Å². The smallest absolute Gasteiger partial charge is 0.323 e. The lowest BCUT2D eigenvalue weighted by atomic mass is 9.95. The van der Waals surface area contributed by atoms with E-state index in [0.29, 0.717) is 42.4 Å². The Morgan fingerprint density at radius 2 is 1.72 bits per heavy atom. The van der Waals surface area contributed by atoms with Crippen LogP contribution in [0.3, 0.4) is 0 Å². The molecule has 3 aromatic carbocycles. The van der Waals surface area contributed by atoms with E-state index >= 15 is 0 Å². The monoisotopic (exact) mass is 488 g/mol. The summed E-state index contributed by atoms with van der Waals surface area (Å²) in [4.78, 5) is 37.1. The number of carbonyl (C=O) groups is 3. The fourth-order valence-corrected chi connectivity index (χ4v) is 3.97. The number of amides is 4. The van der Waals surface area contributed by atoms with Crippen LogP contribution in [0.2, 0.25) is 0 Å². The molecule has 4 N–H and O–H groups in total. The third-order valence-electron chi connectivity index (χ3n) is 5.63. The zero-order valence-electron chi connectivity index (χ0n) is 20.1. The van der Waals surface area contributed by atoms with Crippen molar-refractivity contribution in [2.45, 2.75) is 13.5 Å². The molecule has 0 unspecified atom stereocenters. The summed E-state index contributed by atoms with van der Waals surface area (Å²) in [6, 6.07) is 18.2. The number of hydrogen-bond donors (Lipinski definition) is 4. The molecule has 36 heavy (non-hydrogen) atoms. The first-order chi connectivity index (χ1) is 17.4. The Morgan fingerprint density at radius 1 is 0.944 bits per heavy atom. The highest BCUT2D eigenvalue weighted by Gasteiger charge is 2.26. The fourth-order valence-electron chi connectivity index (χ4n) is 3.97. The number of aryl methyl sites for hydroxylation is 1. The van der Waals surface area contributed by atoms with Crippen LogP contribution < -0.4 is 21.3 Å². The van der Waals surface area contributed by atoms with Gasteiger partial charge >= 0.3 is 6.03 Å². The van der Waals surface area contributed by atoms with Gasteiger partial charge in [-0.05, 0) is 59.5 Å². The van der Waals surface area contributed by atoms with Crippen molar-refractivity contribution >= 4 is 34.9 Å². The second kappa shape index (κ2) is 11.5. The Morgan fingerprint density at radius 3 is 2.47 bits per heavy atom. The highest BCUT2D eigenvalue weighted by molar-refractivity contribution is 6.08. The van der Waals surface area contributed by atoms with Crippen molar-refractivity contribution in [1.82, 2.24) is 5.32 Å². The molecule has 186 valence electrons. The van der Waals surface area contributed by atoms with E-state index < -0.39 is 0 Å². The third kappa shape index (κ3) is 6.07. The Kier molecular flexibility index (Phi) is 7.94. The van der Waals surface area contributed by atoms with Gasteiger partial charge in [0.1, 0.15) is 6.61 Å². The van der Waals surface area contributed by atoms with Gasteiger partial charge in [-0.1, -0.05) is 30.3 Å². The van der Waals surface area contributed by atoms with Gasteiger partial charge in [-0.15, -0.1) is 0 Å². The molecule has 0 aromatic heterocycles. The van der Waals surface area contributed by atoms with E-state index in [4.69, 9.17) is 9.47 Å². The molecular weight excluding hydrogens is 460 g/mol. The van der Waals surface area contributed by atoms with Crippen LogP contribution >= 0.6 is 0 Å². The largest absolute Gasteiger partial charge is 0.382 e. The molecular formula is C27H28N4O5. The number of benzene rings is 3. The SMILES string of the molecule is COCCOCC(=O)Nc1ccc(-c2ccc(NC(=O)Nc3cccc(C)c3)cc2)c2c1C(=O)NC2. The highest BCUT2D eigenvalue weighted by atomic mass is 16.5. The minimum absolute atomic E-state index is 0.132. The normalized spacial score (nSPS) is 12.0. The van der Waals surface area contributed by atoms with E-state index in [-0.39, 0.29) is 24.5 Å². The van der Waals surface area contributed by atoms with E-state index in [1.165, 1.54) is 0 Å². The number of methoxy groups -OCH3 is 1. The van der Waals surface area contributed by atoms with Crippen LogP contribution in [0.25, 0.3) is 11.1 Å². The standard InChI is InChI=1S/C27H28N4O5/c1-17-4-3-5-20(14-17)30-27(34)29-19-8-6-18(7-9-19)21-10-11-23(25-22(21)15-28-26(25)33)31-24(32)16-36-13-12-35-2/h3-11,14H,12-13,15-16H2,1-2H3,(H,28,33)(H,31,32)(H2,29,30,34). The van der Waals surface area contributed by atoms with Gasteiger partial charge in [0.05, 0.1) is 24.5 Å². The molecule has 0 saturated carbocycles. The number of anilines is 3. The van der Waals surface area contributed by atoms with Crippen LogP contribution in [0.4, 0.5) is 21.9 Å². The van der Waals surface area contributed by atoms with E-state index in [1.54, 1.807) is 25.3 Å². The third-order valence-corrected chi connectivity index (χ3v) is 5.63. The average Bonchev–Trinajstić information content (AvgIpc) is 3.25. The van der Waals surface area contributed by atoms with Gasteiger partial charge in [0.25, 0.3) is 5.91 Å². The molecule has 9 nitrogen and oxygen atoms in total. The Hall–Kier alpha value is -4.21. The molecule has 0 fully saturated rings. The summed E-state index contributed by atoms with van der Waals surface area (Å²) in [6.45, 7) is 2.89. The Labute approximate surface area is 209 Å². The van der Waals surface area contributed by atoms with Crippen LogP contribution in [0.1, 0.15) is 21.5 Å². The second-order valence-electron chi connectivity index (χ2n) is 8.32. The number of hydrogen-bond acceptors (Lipinski definition) is 5. The molecule has 4 amide bonds. The molecule has 0 saturated heterocycles. The second-order valence-corrected chi connectivity index (χ2v) is 8.32. The van der Waals surface area contributed by atoms with Crippen molar-refractivity contribution in [2.24, 2.45) is 0 Å². The number of rotatable bonds is 9. The number of ether oxygens (including phenoxy) is 2. The predicted molar refractivity (Wildman–Crippen MR) is 138 cm³/mol. The molecule has 3 aromatic rings. The number of urea groups is 1. The van der Waals surface area contributed by atoms with Crippen molar-refractivity contribution < 1.29 is 23.9 Å². The maximum Gasteiger partial charge on any atom is 0.323 e. The molecule has 0 radical (unpaired) electrons. The summed E-state index contributed by atoms with van der Waals surface area (Å²) in [5, 5.41) is 11.2. The molecule has 1 aliphatic heterocycles. The van der Waals surface area contributed by atoms with E-state index in [9.17, 15) is 14.4 Å². The van der Waals surface area contributed by atoms with Gasteiger partial charge < -0.3 is 30.7 Å². The van der Waals surface area contributed by atoms with Crippen molar-refractivity contribution in [3.8, 4) is 11.1 Å². The Bertz CT molecular complexity index is 1270. The van der Waals surface area contributed by atoms with Gasteiger partial charge in [-0.3, -0.25) is 9.59 Å². The minimum atomic E-state index is -0.347. The molecule has 1 heterocycles. The summed E-state index contributed by atoms with van der Waals surface area (Å²) in [5.74, 6) is -0.589. The lowest BCUT2D eigenvalue weighted by Crippen LogP contribution is -2.21. The lowest BCUT2D eigenvalue weighted by molar-refractivity contribution is -0.121. The van der Waals surface area contributed by atoms with E-state index in [0.717, 1.165) is 22.3 Å². The highest BCUT2D eigenvalue weighted by Crippen LogP contribution is 2.34. The maximum absolute atomic E-state index is 12.5. The zero-order valence-corrected chi connectivity index (χ0v) is 20.1. The van der Waals surface area contributed by atoms with Gasteiger partial charge in [0.2, 0.25) is 5.91 Å². The summed E-state index contributed by atoms with van der Waals surface area (Å²) in [5.41, 5.74) is 5.83. The molecule has 0 aliphatic carbocycles. The first-order valence-electron chi connectivity index (χ1n) is 11.5. The molecule has 9 heteroatoms. The number of nitrogens with one attached hydrogen (secondary N) is 4. The van der Waals surface area contributed by atoms with Gasteiger partial charge in [0, 0.05) is 25.0 Å². The fraction of sp³-hybridized carbons (Fsp3) is 0.222. The van der Waals surface area contributed by atoms with Crippen molar-refractivity contribution in [3.63, 3.8) is 0 Å². The first kappa shape index (κ1) is 24.9. The van der Waals surface area contributed by atoms with Gasteiger partial charge in [-0.25, -0.2) is 4.79 Å². The summed E-state index contributed by atoms with van der Waals surface area (Å²) < 4.78 is 10.1. The summed E-state index contributed by atoms with van der Waals surface area (Å²) in [7, 11) is 1.56. The van der Waals surface area contributed by atoms with Crippen LogP contribution in [-0.2, 0) is 20.8 Å². The van der Waals surface area contributed by atoms with Crippen LogP contribution in [0, 0.1) is 6.92 Å². The molecule has 0 spiro atoms. The van der Waals surface area contributed by atoms with Crippen LogP contribution in [-0.4, -0.2) is 44.8 Å². The summed E-state index contributed by atoms with van der Waals surface area (Å²) >= 11 is 0. The van der Waals surface area contributed by atoms with E-state index in [2.05, 4.69) is 21.3 Å². The zero-order chi connectivity index (χ0) is 25.5. The molecule has 4 rings (SSSR count). The van der Waals surface area contributed by atoms with E-state index in [1.807, 2.05) is 49.4 Å². The average molecular weight is 489 g/mol. The minimum Gasteiger partial charge on any atom is -0.382 e. The molecule has 0 atom stereocenters. The topological polar surface area (TPSA) is 118 Å². The van der Waals surface area contributed by atoms with Crippen molar-refractivity contribution in [1.29, 1.82) is 0 Å². The van der Waals surface area contributed by atoms with Gasteiger partial charge in [0.15, 0.2) is 0 Å². The summed E-state index contributed by atoms with van der Waals surface area (Å²) in [6.07, 6.45) is 0. The van der Waals surface area contributed by atoms with Crippen molar-refractivity contribution in [2.75, 3.05) is 42.9 Å². The Balaban J connectivity index is 1.45. The first-order valence-corrected chi connectivity index (χ1v) is 11.5. The van der Waals surface area contributed by atoms with Crippen LogP contribution in [0.5, 0.6) is 0 Å². The quantitative estimate of drug-likeness (QED) is 0.338. The molecule has 0 bridgehead atoms. The lowest BCUT2D eigenvalue weighted by Gasteiger charge is -2.14. The predicted octanol–water partition coefficient (Wildman–Crippen LogP) is 4.15. The number of carbonyl (C=O) groups excluding carboxylic acids is 3. The van der Waals surface area contributed by atoms with Crippen molar-refractivity contribution in [3.05, 3.63) is 77.4 Å².